The monoisotopic (exact) mass is 504 g/mol. The van der Waals surface area contributed by atoms with E-state index < -0.39 is 48.9 Å². The number of likely N-dealkylation sites (tertiary alicyclic amines) is 1. The Balaban J connectivity index is 1.42. The average Bonchev–Trinajstić information content (AvgIpc) is 3.34. The molecule has 2 N–H and O–H groups in total. The second kappa shape index (κ2) is 10.2. The van der Waals surface area contributed by atoms with Crippen molar-refractivity contribution in [2.75, 3.05) is 31.7 Å². The quantitative estimate of drug-likeness (QED) is 0.568. The zero-order valence-corrected chi connectivity index (χ0v) is 19.9. The van der Waals surface area contributed by atoms with Gasteiger partial charge < -0.3 is 20.1 Å². The van der Waals surface area contributed by atoms with Gasteiger partial charge in [-0.05, 0) is 40.7 Å². The van der Waals surface area contributed by atoms with Crippen molar-refractivity contribution in [3.8, 4) is 11.1 Å². The maximum Gasteiger partial charge on any atom is 0.407 e. The highest BCUT2D eigenvalue weighted by Gasteiger charge is 2.54. The van der Waals surface area contributed by atoms with E-state index in [2.05, 4.69) is 5.32 Å². The Morgan fingerprint density at radius 3 is 2.29 bits per heavy atom. The number of nitrogens with zero attached hydrogens (tertiary/aromatic N) is 1. The predicted molar refractivity (Wildman–Crippen MR) is 128 cm³/mol. The van der Waals surface area contributed by atoms with Crippen molar-refractivity contribution >= 4 is 29.7 Å². The number of ether oxygens (including phenoxy) is 1. The Labute approximate surface area is 205 Å². The standard InChI is InChI=1S/C25H26F2N2O5S/c1-35-11-10-21(22(30)29-12-20(23(31)32)25(26,27)14-29)28-24(33)34-13-19-17-8-4-2-6-15(17)16-7-3-5-9-18(16)19/h2-9,19-21H,10-14H2,1H3,(H,28,33)(H,31,32). The Morgan fingerprint density at radius 2 is 1.74 bits per heavy atom. The maximum absolute atomic E-state index is 14.1. The second-order valence-electron chi connectivity index (χ2n) is 8.67. The highest BCUT2D eigenvalue weighted by Crippen LogP contribution is 2.44. The molecule has 1 heterocycles. The van der Waals surface area contributed by atoms with Crippen LogP contribution in [0, 0.1) is 5.92 Å². The molecule has 0 bridgehead atoms. The summed E-state index contributed by atoms with van der Waals surface area (Å²) >= 11 is 1.44. The lowest BCUT2D eigenvalue weighted by molar-refractivity contribution is -0.151. The molecule has 2 aliphatic rings. The predicted octanol–water partition coefficient (Wildman–Crippen LogP) is 3.83. The number of alkyl halides is 2. The molecule has 2 atom stereocenters. The third-order valence-corrected chi connectivity index (χ3v) is 7.11. The van der Waals surface area contributed by atoms with Gasteiger partial charge in [0.15, 0.2) is 0 Å². The molecule has 10 heteroatoms. The van der Waals surface area contributed by atoms with E-state index >= 15 is 0 Å². The van der Waals surface area contributed by atoms with E-state index in [0.29, 0.717) is 5.75 Å². The summed E-state index contributed by atoms with van der Waals surface area (Å²) in [6.07, 6.45) is 1.19. The molecule has 0 spiro atoms. The van der Waals surface area contributed by atoms with Crippen LogP contribution in [0.3, 0.4) is 0 Å². The van der Waals surface area contributed by atoms with Crippen LogP contribution in [-0.4, -0.2) is 71.6 Å². The number of carbonyl (C=O) groups excluding carboxylic acids is 2. The molecule has 2 amide bonds. The van der Waals surface area contributed by atoms with E-state index in [1.807, 2.05) is 54.8 Å². The molecular weight excluding hydrogens is 478 g/mol. The van der Waals surface area contributed by atoms with Crippen molar-refractivity contribution in [2.24, 2.45) is 5.92 Å². The van der Waals surface area contributed by atoms with E-state index in [1.54, 1.807) is 0 Å². The summed E-state index contributed by atoms with van der Waals surface area (Å²) in [5.74, 6) is -7.57. The van der Waals surface area contributed by atoms with Gasteiger partial charge in [-0.3, -0.25) is 9.59 Å². The normalized spacial score (nSPS) is 19.1. The maximum atomic E-state index is 14.1. The molecule has 0 saturated carbocycles. The van der Waals surface area contributed by atoms with Crippen LogP contribution in [0.4, 0.5) is 13.6 Å². The zero-order chi connectivity index (χ0) is 25.2. The topological polar surface area (TPSA) is 95.9 Å². The number of hydrogen-bond donors (Lipinski definition) is 2. The number of benzene rings is 2. The number of fused-ring (bicyclic) bond motifs is 3. The van der Waals surface area contributed by atoms with Gasteiger partial charge in [0.05, 0.1) is 6.54 Å². The van der Waals surface area contributed by atoms with Crippen LogP contribution >= 0.6 is 11.8 Å². The lowest BCUT2D eigenvalue weighted by Crippen LogP contribution is -2.49. The molecule has 186 valence electrons. The van der Waals surface area contributed by atoms with Crippen molar-refractivity contribution in [3.63, 3.8) is 0 Å². The van der Waals surface area contributed by atoms with E-state index in [4.69, 9.17) is 9.84 Å². The number of amides is 2. The molecule has 1 aliphatic heterocycles. The first kappa shape index (κ1) is 25.0. The highest BCUT2D eigenvalue weighted by molar-refractivity contribution is 7.98. The van der Waals surface area contributed by atoms with E-state index in [0.717, 1.165) is 27.2 Å². The molecule has 2 aromatic rings. The number of nitrogens with one attached hydrogen (secondary N) is 1. The van der Waals surface area contributed by atoms with Gasteiger partial charge in [-0.1, -0.05) is 48.5 Å². The minimum Gasteiger partial charge on any atom is -0.481 e. The Bertz CT molecular complexity index is 1080. The molecule has 4 rings (SSSR count). The van der Waals surface area contributed by atoms with E-state index in [-0.39, 0.29) is 18.9 Å². The first-order chi connectivity index (χ1) is 16.7. The zero-order valence-electron chi connectivity index (χ0n) is 19.1. The van der Waals surface area contributed by atoms with Crippen LogP contribution in [0.5, 0.6) is 0 Å². The van der Waals surface area contributed by atoms with Crippen molar-refractivity contribution < 1.29 is 33.0 Å². The van der Waals surface area contributed by atoms with Gasteiger partial charge in [0.2, 0.25) is 5.91 Å². The lowest BCUT2D eigenvalue weighted by atomic mass is 9.98. The summed E-state index contributed by atoms with van der Waals surface area (Å²) in [5.41, 5.74) is 4.23. The van der Waals surface area contributed by atoms with Crippen LogP contribution in [0.1, 0.15) is 23.5 Å². The number of aliphatic carboxylic acids is 1. The van der Waals surface area contributed by atoms with E-state index in [9.17, 15) is 23.2 Å². The van der Waals surface area contributed by atoms with Crippen LogP contribution in [0.25, 0.3) is 11.1 Å². The molecule has 1 fully saturated rings. The summed E-state index contributed by atoms with van der Waals surface area (Å²) in [7, 11) is 0. The van der Waals surface area contributed by atoms with Gasteiger partial charge >= 0.3 is 12.1 Å². The van der Waals surface area contributed by atoms with Gasteiger partial charge in [0.1, 0.15) is 18.6 Å². The molecule has 2 unspecified atom stereocenters. The molecule has 35 heavy (non-hydrogen) atoms. The third-order valence-electron chi connectivity index (χ3n) is 6.47. The second-order valence-corrected chi connectivity index (χ2v) is 9.66. The molecular formula is C25H26F2N2O5S. The van der Waals surface area contributed by atoms with Gasteiger partial charge in [0.25, 0.3) is 5.92 Å². The average molecular weight is 505 g/mol. The number of hydrogen-bond acceptors (Lipinski definition) is 5. The van der Waals surface area contributed by atoms with Gasteiger partial charge in [-0.15, -0.1) is 0 Å². The van der Waals surface area contributed by atoms with Gasteiger partial charge in [-0.25, -0.2) is 13.6 Å². The van der Waals surface area contributed by atoms with E-state index in [1.165, 1.54) is 11.8 Å². The summed E-state index contributed by atoms with van der Waals surface area (Å²) in [5, 5.41) is 11.6. The number of thioether (sulfide) groups is 1. The Kier molecular flexibility index (Phi) is 7.30. The highest BCUT2D eigenvalue weighted by atomic mass is 32.2. The lowest BCUT2D eigenvalue weighted by Gasteiger charge is -2.24. The number of rotatable bonds is 8. The van der Waals surface area contributed by atoms with Crippen LogP contribution in [0.15, 0.2) is 48.5 Å². The minimum absolute atomic E-state index is 0.0478. The molecule has 7 nitrogen and oxygen atoms in total. The molecule has 1 aliphatic carbocycles. The summed E-state index contributed by atoms with van der Waals surface area (Å²) < 4.78 is 33.7. The van der Waals surface area contributed by atoms with Crippen molar-refractivity contribution in [1.29, 1.82) is 0 Å². The fourth-order valence-electron chi connectivity index (χ4n) is 4.71. The fraction of sp³-hybridized carbons (Fsp3) is 0.400. The summed E-state index contributed by atoms with van der Waals surface area (Å²) in [4.78, 5) is 37.6. The number of carbonyl (C=O) groups is 3. The molecule has 2 aromatic carbocycles. The Hall–Kier alpha value is -3.14. The van der Waals surface area contributed by atoms with Crippen molar-refractivity contribution in [3.05, 3.63) is 59.7 Å². The fourth-order valence-corrected chi connectivity index (χ4v) is 5.18. The first-order valence-corrected chi connectivity index (χ1v) is 12.6. The minimum atomic E-state index is -3.53. The third kappa shape index (κ3) is 5.12. The van der Waals surface area contributed by atoms with Crippen molar-refractivity contribution in [2.45, 2.75) is 24.3 Å². The van der Waals surface area contributed by atoms with Crippen LogP contribution in [0.2, 0.25) is 0 Å². The molecule has 0 radical (unpaired) electrons. The Morgan fingerprint density at radius 1 is 1.14 bits per heavy atom. The smallest absolute Gasteiger partial charge is 0.407 e. The number of alkyl carbamates (subject to hydrolysis) is 1. The van der Waals surface area contributed by atoms with Crippen molar-refractivity contribution in [1.82, 2.24) is 10.2 Å². The SMILES string of the molecule is CSCCC(NC(=O)OCC1c2ccccc2-c2ccccc21)C(=O)N1CC(C(=O)O)C(F)(F)C1. The largest absolute Gasteiger partial charge is 0.481 e. The van der Waals surface area contributed by atoms with Gasteiger partial charge in [0, 0.05) is 12.5 Å². The molecule has 1 saturated heterocycles. The first-order valence-electron chi connectivity index (χ1n) is 11.2. The molecule has 0 aromatic heterocycles. The number of carboxylic acid groups (broad SMARTS) is 1. The summed E-state index contributed by atoms with van der Waals surface area (Å²) in [6.45, 7) is -1.56. The summed E-state index contributed by atoms with van der Waals surface area (Å²) in [6, 6.07) is 14.6. The number of halogens is 2. The van der Waals surface area contributed by atoms with Crippen LogP contribution < -0.4 is 5.32 Å². The number of carboxylic acids is 1. The van der Waals surface area contributed by atoms with Gasteiger partial charge in [-0.2, -0.15) is 11.8 Å². The van der Waals surface area contributed by atoms with Crippen LogP contribution in [-0.2, 0) is 14.3 Å².